The summed E-state index contributed by atoms with van der Waals surface area (Å²) in [5.41, 5.74) is 0.663. The Morgan fingerprint density at radius 3 is 2.88 bits per heavy atom. The van der Waals surface area contributed by atoms with Gasteiger partial charge in [0.2, 0.25) is 5.91 Å². The second-order valence-corrected chi connectivity index (χ2v) is 7.57. The van der Waals surface area contributed by atoms with Gasteiger partial charge in [0, 0.05) is 27.4 Å². The standard InChI is InChI=1S/C15H10N4O2S3/c20-11(18-15-16-3-5-23-15)6-19-8-17-13-12(14(19)21)9(7-24-13)10-2-1-4-22-10/h1-5,7-8H,6H2,(H,16,18,20). The number of hydrogen-bond donors (Lipinski definition) is 1. The number of thiophene rings is 2. The lowest BCUT2D eigenvalue weighted by Gasteiger charge is -2.05. The molecule has 0 saturated heterocycles. The van der Waals surface area contributed by atoms with E-state index in [1.165, 1.54) is 33.6 Å². The van der Waals surface area contributed by atoms with Crippen molar-refractivity contribution < 1.29 is 4.79 Å². The highest BCUT2D eigenvalue weighted by molar-refractivity contribution is 7.18. The van der Waals surface area contributed by atoms with E-state index in [0.717, 1.165) is 10.4 Å². The van der Waals surface area contributed by atoms with E-state index in [0.29, 0.717) is 15.3 Å². The first-order valence-electron chi connectivity index (χ1n) is 6.92. The van der Waals surface area contributed by atoms with Crippen molar-refractivity contribution >= 4 is 55.3 Å². The Labute approximate surface area is 148 Å². The predicted octanol–water partition coefficient (Wildman–Crippen LogP) is 3.28. The summed E-state index contributed by atoms with van der Waals surface area (Å²) in [5, 5.41) is 9.42. The smallest absolute Gasteiger partial charge is 0.263 e. The molecule has 0 aromatic carbocycles. The number of hydrogen-bond acceptors (Lipinski definition) is 7. The lowest BCUT2D eigenvalue weighted by atomic mass is 10.2. The summed E-state index contributed by atoms with van der Waals surface area (Å²) in [7, 11) is 0. The predicted molar refractivity (Wildman–Crippen MR) is 97.9 cm³/mol. The monoisotopic (exact) mass is 374 g/mol. The number of carbonyl (C=O) groups excluding carboxylic acids is 1. The van der Waals surface area contributed by atoms with Gasteiger partial charge in [0.15, 0.2) is 5.13 Å². The Kier molecular flexibility index (Phi) is 3.97. The Morgan fingerprint density at radius 2 is 2.12 bits per heavy atom. The van der Waals surface area contributed by atoms with Gasteiger partial charge in [0.05, 0.1) is 11.7 Å². The van der Waals surface area contributed by atoms with Crippen molar-refractivity contribution in [3.8, 4) is 10.4 Å². The third-order valence-electron chi connectivity index (χ3n) is 3.34. The molecule has 1 N–H and O–H groups in total. The van der Waals surface area contributed by atoms with Crippen molar-refractivity contribution in [3.63, 3.8) is 0 Å². The van der Waals surface area contributed by atoms with Crippen molar-refractivity contribution in [2.24, 2.45) is 0 Å². The van der Waals surface area contributed by atoms with Crippen LogP contribution < -0.4 is 10.9 Å². The number of carbonyl (C=O) groups is 1. The molecular weight excluding hydrogens is 364 g/mol. The molecule has 4 aromatic heterocycles. The summed E-state index contributed by atoms with van der Waals surface area (Å²) in [4.78, 5) is 34.9. The van der Waals surface area contributed by atoms with Gasteiger partial charge in [0.25, 0.3) is 5.56 Å². The molecule has 1 amide bonds. The summed E-state index contributed by atoms with van der Waals surface area (Å²) >= 11 is 4.33. The van der Waals surface area contributed by atoms with Crippen LogP contribution in [0.2, 0.25) is 0 Å². The van der Waals surface area contributed by atoms with Crippen LogP contribution in [0, 0.1) is 0 Å². The van der Waals surface area contributed by atoms with E-state index in [9.17, 15) is 9.59 Å². The fourth-order valence-electron chi connectivity index (χ4n) is 2.29. The maximum atomic E-state index is 12.8. The molecule has 4 aromatic rings. The highest BCUT2D eigenvalue weighted by Gasteiger charge is 2.15. The molecule has 0 aliphatic carbocycles. The van der Waals surface area contributed by atoms with E-state index >= 15 is 0 Å². The summed E-state index contributed by atoms with van der Waals surface area (Å²) in [6.45, 7) is -0.0962. The van der Waals surface area contributed by atoms with Gasteiger partial charge in [-0.25, -0.2) is 9.97 Å². The Balaban J connectivity index is 1.69. The van der Waals surface area contributed by atoms with Crippen LogP contribution in [0.15, 0.2) is 45.6 Å². The van der Waals surface area contributed by atoms with Crippen LogP contribution in [0.1, 0.15) is 0 Å². The van der Waals surface area contributed by atoms with Gasteiger partial charge >= 0.3 is 0 Å². The number of nitrogens with zero attached hydrogens (tertiary/aromatic N) is 3. The molecule has 0 atom stereocenters. The number of thiazole rings is 1. The fourth-order valence-corrected chi connectivity index (χ4v) is 4.56. The summed E-state index contributed by atoms with van der Waals surface area (Å²) in [6.07, 6.45) is 3.03. The summed E-state index contributed by atoms with van der Waals surface area (Å²) in [6, 6.07) is 3.91. The highest BCUT2D eigenvalue weighted by Crippen LogP contribution is 2.33. The zero-order valence-electron chi connectivity index (χ0n) is 12.1. The van der Waals surface area contributed by atoms with Crippen LogP contribution in [-0.4, -0.2) is 20.4 Å². The van der Waals surface area contributed by atoms with Gasteiger partial charge in [-0.05, 0) is 11.4 Å². The third-order valence-corrected chi connectivity index (χ3v) is 5.82. The molecule has 4 rings (SSSR count). The fraction of sp³-hybridized carbons (Fsp3) is 0.0667. The molecule has 9 heteroatoms. The molecule has 6 nitrogen and oxygen atoms in total. The van der Waals surface area contributed by atoms with E-state index in [-0.39, 0.29) is 18.0 Å². The first-order valence-corrected chi connectivity index (χ1v) is 9.56. The van der Waals surface area contributed by atoms with Gasteiger partial charge < -0.3 is 5.32 Å². The second kappa shape index (κ2) is 6.27. The van der Waals surface area contributed by atoms with Crippen LogP contribution in [0.5, 0.6) is 0 Å². The Bertz CT molecular complexity index is 1050. The lowest BCUT2D eigenvalue weighted by Crippen LogP contribution is -2.27. The molecule has 4 heterocycles. The minimum Gasteiger partial charge on any atom is -0.300 e. The van der Waals surface area contributed by atoms with E-state index in [2.05, 4.69) is 15.3 Å². The molecule has 0 aliphatic heterocycles. The number of nitrogens with one attached hydrogen (secondary N) is 1. The molecule has 0 bridgehead atoms. The Hall–Kier alpha value is -2.36. The number of rotatable bonds is 4. The van der Waals surface area contributed by atoms with Crippen molar-refractivity contribution in [1.82, 2.24) is 14.5 Å². The molecule has 0 aliphatic rings. The maximum absolute atomic E-state index is 12.8. The first kappa shape index (κ1) is 15.2. The number of aromatic nitrogens is 3. The minimum absolute atomic E-state index is 0.0962. The third kappa shape index (κ3) is 2.77. The van der Waals surface area contributed by atoms with Crippen LogP contribution in [-0.2, 0) is 11.3 Å². The van der Waals surface area contributed by atoms with E-state index < -0.39 is 0 Å². The molecule has 120 valence electrons. The molecule has 0 fully saturated rings. The Morgan fingerprint density at radius 1 is 1.21 bits per heavy atom. The van der Waals surface area contributed by atoms with Crippen molar-refractivity contribution in [1.29, 1.82) is 0 Å². The lowest BCUT2D eigenvalue weighted by molar-refractivity contribution is -0.116. The molecule has 0 saturated carbocycles. The van der Waals surface area contributed by atoms with Crippen molar-refractivity contribution in [3.05, 3.63) is 51.2 Å². The molecule has 0 radical (unpaired) electrons. The molecule has 0 spiro atoms. The zero-order valence-corrected chi connectivity index (χ0v) is 14.6. The van der Waals surface area contributed by atoms with E-state index in [4.69, 9.17) is 0 Å². The molecule has 0 unspecified atom stereocenters. The van der Waals surface area contributed by atoms with Crippen LogP contribution in [0.3, 0.4) is 0 Å². The van der Waals surface area contributed by atoms with Gasteiger partial charge in [-0.2, -0.15) is 0 Å². The maximum Gasteiger partial charge on any atom is 0.263 e. The normalized spacial score (nSPS) is 11.0. The van der Waals surface area contributed by atoms with Gasteiger partial charge in [-0.1, -0.05) is 6.07 Å². The van der Waals surface area contributed by atoms with Crippen LogP contribution >= 0.6 is 34.0 Å². The second-order valence-electron chi connectivity index (χ2n) is 4.87. The zero-order chi connectivity index (χ0) is 16.5. The summed E-state index contributed by atoms with van der Waals surface area (Å²) in [5.74, 6) is -0.305. The number of anilines is 1. The molecular formula is C15H10N4O2S3. The quantitative estimate of drug-likeness (QED) is 0.595. The topological polar surface area (TPSA) is 76.9 Å². The minimum atomic E-state index is -0.305. The van der Waals surface area contributed by atoms with Gasteiger partial charge in [0.1, 0.15) is 11.4 Å². The highest BCUT2D eigenvalue weighted by atomic mass is 32.1. The van der Waals surface area contributed by atoms with E-state index in [1.807, 2.05) is 22.9 Å². The summed E-state index contributed by atoms with van der Waals surface area (Å²) < 4.78 is 1.33. The first-order chi connectivity index (χ1) is 11.7. The number of amides is 1. The van der Waals surface area contributed by atoms with Gasteiger partial charge in [-0.3, -0.25) is 14.2 Å². The van der Waals surface area contributed by atoms with Crippen molar-refractivity contribution in [2.75, 3.05) is 5.32 Å². The van der Waals surface area contributed by atoms with Crippen LogP contribution in [0.25, 0.3) is 20.7 Å². The molecule has 24 heavy (non-hydrogen) atoms. The van der Waals surface area contributed by atoms with E-state index in [1.54, 1.807) is 22.9 Å². The average Bonchev–Trinajstić information content (AvgIpc) is 3.29. The van der Waals surface area contributed by atoms with Gasteiger partial charge in [-0.15, -0.1) is 34.0 Å². The average molecular weight is 374 g/mol. The SMILES string of the molecule is O=C(Cn1cnc2scc(-c3cccs3)c2c1=O)Nc1nccs1. The van der Waals surface area contributed by atoms with Crippen LogP contribution in [0.4, 0.5) is 5.13 Å². The van der Waals surface area contributed by atoms with Crippen molar-refractivity contribution in [2.45, 2.75) is 6.54 Å². The largest absolute Gasteiger partial charge is 0.300 e. The number of fused-ring (bicyclic) bond motifs is 1.